The number of pyridine rings is 1. The van der Waals surface area contributed by atoms with Crippen LogP contribution < -0.4 is 5.32 Å². The van der Waals surface area contributed by atoms with Crippen molar-refractivity contribution in [3.8, 4) is 0 Å². The molecule has 6 heteroatoms. The smallest absolute Gasteiger partial charge is 0.193 e. The summed E-state index contributed by atoms with van der Waals surface area (Å²) in [6, 6.07) is 4.20. The fourth-order valence-corrected chi connectivity index (χ4v) is 2.94. The van der Waals surface area contributed by atoms with Crippen LogP contribution in [-0.2, 0) is 6.54 Å². The molecule has 0 bridgehead atoms. The van der Waals surface area contributed by atoms with Crippen molar-refractivity contribution in [2.75, 3.05) is 20.1 Å². The second-order valence-corrected chi connectivity index (χ2v) is 6.27. The van der Waals surface area contributed by atoms with E-state index in [1.54, 1.807) is 0 Å². The molecule has 0 amide bonds. The summed E-state index contributed by atoms with van der Waals surface area (Å²) in [4.78, 5) is 11.4. The van der Waals surface area contributed by atoms with Crippen molar-refractivity contribution in [2.24, 2.45) is 10.9 Å². The molecule has 23 heavy (non-hydrogen) atoms. The van der Waals surface area contributed by atoms with Crippen LogP contribution in [0.2, 0.25) is 0 Å². The number of halogens is 1. The maximum Gasteiger partial charge on any atom is 0.193 e. The Balaban J connectivity index is 0.00000192. The number of nitrogens with one attached hydrogen (secondary N) is 1. The minimum absolute atomic E-state index is 0. The second kappa shape index (κ2) is 7.99. The van der Waals surface area contributed by atoms with Gasteiger partial charge in [-0.2, -0.15) is 0 Å². The number of aliphatic imine (C=N–C) groups is 1. The van der Waals surface area contributed by atoms with Crippen LogP contribution in [0.1, 0.15) is 31.0 Å². The molecular weight excluding hydrogens is 401 g/mol. The van der Waals surface area contributed by atoms with E-state index in [0.717, 1.165) is 36.3 Å². The number of hydrogen-bond acceptors (Lipinski definition) is 2. The van der Waals surface area contributed by atoms with Crippen LogP contribution in [0.15, 0.2) is 29.5 Å². The van der Waals surface area contributed by atoms with Crippen LogP contribution in [0.3, 0.4) is 0 Å². The molecule has 0 spiro atoms. The van der Waals surface area contributed by atoms with Gasteiger partial charge in [-0.1, -0.05) is 6.92 Å². The topological polar surface area (TPSA) is 44.9 Å². The van der Waals surface area contributed by atoms with Gasteiger partial charge in [-0.05, 0) is 43.4 Å². The zero-order valence-electron chi connectivity index (χ0n) is 14.1. The first kappa shape index (κ1) is 18.0. The van der Waals surface area contributed by atoms with Crippen molar-refractivity contribution in [3.05, 3.63) is 35.8 Å². The highest BCUT2D eigenvalue weighted by molar-refractivity contribution is 14.0. The Morgan fingerprint density at radius 1 is 1.39 bits per heavy atom. The molecule has 0 aliphatic carbocycles. The molecule has 2 aromatic heterocycles. The van der Waals surface area contributed by atoms with Crippen molar-refractivity contribution in [3.63, 3.8) is 0 Å². The van der Waals surface area contributed by atoms with Crippen LogP contribution in [0, 0.1) is 12.8 Å². The highest BCUT2D eigenvalue weighted by atomic mass is 127. The van der Waals surface area contributed by atoms with Gasteiger partial charge in [0.25, 0.3) is 0 Å². The van der Waals surface area contributed by atoms with Crippen molar-refractivity contribution in [1.82, 2.24) is 19.6 Å². The summed E-state index contributed by atoms with van der Waals surface area (Å²) in [6.07, 6.45) is 6.62. The Labute approximate surface area is 155 Å². The Morgan fingerprint density at radius 2 is 2.13 bits per heavy atom. The standard InChI is InChI=1S/C17H25N5.HI/c1-13-4-7-21(8-5-13)17(18-3)19-11-15-12-22-9-6-14(2)10-16(22)20-15;/h6,9-10,12-13H,4-5,7-8,11H2,1-3H3,(H,18,19);1H. The number of aromatic nitrogens is 2. The number of hydrogen-bond donors (Lipinski definition) is 1. The largest absolute Gasteiger partial charge is 0.351 e. The monoisotopic (exact) mass is 427 g/mol. The summed E-state index contributed by atoms with van der Waals surface area (Å²) in [5.74, 6) is 1.82. The predicted molar refractivity (Wildman–Crippen MR) is 106 cm³/mol. The van der Waals surface area contributed by atoms with Gasteiger partial charge in [-0.15, -0.1) is 24.0 Å². The summed E-state index contributed by atoms with van der Waals surface area (Å²) in [7, 11) is 1.85. The van der Waals surface area contributed by atoms with Gasteiger partial charge in [0.15, 0.2) is 5.96 Å². The van der Waals surface area contributed by atoms with Gasteiger partial charge in [-0.25, -0.2) is 4.98 Å². The Morgan fingerprint density at radius 3 is 2.83 bits per heavy atom. The zero-order chi connectivity index (χ0) is 15.5. The predicted octanol–water partition coefficient (Wildman–Crippen LogP) is 3.07. The third-order valence-electron chi connectivity index (χ3n) is 4.39. The van der Waals surface area contributed by atoms with E-state index in [1.807, 2.05) is 7.05 Å². The minimum Gasteiger partial charge on any atom is -0.351 e. The van der Waals surface area contributed by atoms with Gasteiger partial charge in [0.2, 0.25) is 0 Å². The number of nitrogens with zero attached hydrogens (tertiary/aromatic N) is 4. The molecule has 3 rings (SSSR count). The lowest BCUT2D eigenvalue weighted by Gasteiger charge is -2.32. The third-order valence-corrected chi connectivity index (χ3v) is 4.39. The van der Waals surface area contributed by atoms with Gasteiger partial charge in [0, 0.05) is 32.5 Å². The molecular formula is C17H26IN5. The molecule has 1 aliphatic heterocycles. The van der Waals surface area contributed by atoms with E-state index in [9.17, 15) is 0 Å². The Hall–Kier alpha value is -1.31. The van der Waals surface area contributed by atoms with E-state index in [0.29, 0.717) is 6.54 Å². The first-order valence-corrected chi connectivity index (χ1v) is 8.05. The maximum absolute atomic E-state index is 4.66. The average Bonchev–Trinajstić information content (AvgIpc) is 2.91. The summed E-state index contributed by atoms with van der Waals surface area (Å²) in [5.41, 5.74) is 3.27. The van der Waals surface area contributed by atoms with E-state index >= 15 is 0 Å². The second-order valence-electron chi connectivity index (χ2n) is 6.27. The zero-order valence-corrected chi connectivity index (χ0v) is 16.4. The lowest BCUT2D eigenvalue weighted by Crippen LogP contribution is -2.45. The molecule has 0 saturated carbocycles. The molecule has 1 aliphatic rings. The molecule has 126 valence electrons. The molecule has 1 saturated heterocycles. The molecule has 0 aromatic carbocycles. The highest BCUT2D eigenvalue weighted by Crippen LogP contribution is 2.16. The molecule has 1 N–H and O–H groups in total. The van der Waals surface area contributed by atoms with Crippen LogP contribution in [0.4, 0.5) is 0 Å². The van der Waals surface area contributed by atoms with E-state index in [2.05, 4.69) is 63.0 Å². The number of likely N-dealkylation sites (tertiary alicyclic amines) is 1. The van der Waals surface area contributed by atoms with Crippen LogP contribution >= 0.6 is 24.0 Å². The number of rotatable bonds is 2. The molecule has 0 radical (unpaired) electrons. The molecule has 2 aromatic rings. The fraction of sp³-hybridized carbons (Fsp3) is 0.529. The summed E-state index contributed by atoms with van der Waals surface area (Å²) >= 11 is 0. The van der Waals surface area contributed by atoms with Crippen molar-refractivity contribution in [2.45, 2.75) is 33.2 Å². The van der Waals surface area contributed by atoms with E-state index < -0.39 is 0 Å². The lowest BCUT2D eigenvalue weighted by molar-refractivity contribution is 0.273. The number of aryl methyl sites for hydroxylation is 1. The highest BCUT2D eigenvalue weighted by Gasteiger charge is 2.18. The third kappa shape index (κ3) is 4.37. The van der Waals surface area contributed by atoms with Crippen LogP contribution in [-0.4, -0.2) is 40.4 Å². The van der Waals surface area contributed by atoms with Crippen LogP contribution in [0.25, 0.3) is 5.65 Å². The van der Waals surface area contributed by atoms with Gasteiger partial charge in [0.1, 0.15) is 5.65 Å². The van der Waals surface area contributed by atoms with E-state index in [1.165, 1.54) is 18.4 Å². The Kier molecular flexibility index (Phi) is 6.26. The van der Waals surface area contributed by atoms with Crippen molar-refractivity contribution >= 4 is 35.6 Å². The van der Waals surface area contributed by atoms with Crippen LogP contribution in [0.5, 0.6) is 0 Å². The normalized spacial score (nSPS) is 16.5. The first-order valence-electron chi connectivity index (χ1n) is 8.05. The summed E-state index contributed by atoms with van der Waals surface area (Å²) in [5, 5.41) is 3.45. The minimum atomic E-state index is 0. The van der Waals surface area contributed by atoms with Gasteiger partial charge < -0.3 is 14.6 Å². The summed E-state index contributed by atoms with van der Waals surface area (Å²) in [6.45, 7) is 7.30. The molecule has 0 unspecified atom stereocenters. The number of fused-ring (bicyclic) bond motifs is 1. The number of piperidine rings is 1. The average molecular weight is 427 g/mol. The quantitative estimate of drug-likeness (QED) is 0.455. The van der Waals surface area contributed by atoms with Crippen molar-refractivity contribution < 1.29 is 0 Å². The number of imidazole rings is 1. The maximum atomic E-state index is 4.66. The molecule has 0 atom stereocenters. The van der Waals surface area contributed by atoms with Gasteiger partial charge in [0.05, 0.1) is 12.2 Å². The fourth-order valence-electron chi connectivity index (χ4n) is 2.94. The SMILES string of the molecule is CN=C(NCc1cn2ccc(C)cc2n1)N1CCC(C)CC1.I. The van der Waals surface area contributed by atoms with E-state index in [4.69, 9.17) is 0 Å². The Bertz CT molecular complexity index is 671. The van der Waals surface area contributed by atoms with E-state index in [-0.39, 0.29) is 24.0 Å². The molecule has 3 heterocycles. The molecule has 5 nitrogen and oxygen atoms in total. The summed E-state index contributed by atoms with van der Waals surface area (Å²) < 4.78 is 2.06. The number of guanidine groups is 1. The van der Waals surface area contributed by atoms with Gasteiger partial charge >= 0.3 is 0 Å². The van der Waals surface area contributed by atoms with Gasteiger partial charge in [-0.3, -0.25) is 4.99 Å². The molecule has 1 fully saturated rings. The first-order chi connectivity index (χ1) is 10.7. The lowest BCUT2D eigenvalue weighted by atomic mass is 10.00. The van der Waals surface area contributed by atoms with Crippen molar-refractivity contribution in [1.29, 1.82) is 0 Å².